The third-order valence-electron chi connectivity index (χ3n) is 6.64. The molecule has 3 aromatic rings. The molecule has 1 unspecified atom stereocenters. The molecule has 8 nitrogen and oxygen atoms in total. The van der Waals surface area contributed by atoms with Crippen molar-refractivity contribution < 1.29 is 23.9 Å². The summed E-state index contributed by atoms with van der Waals surface area (Å²) in [5.41, 5.74) is 5.69. The highest BCUT2D eigenvalue weighted by Crippen LogP contribution is 2.40. The lowest BCUT2D eigenvalue weighted by Gasteiger charge is -2.28. The number of benzene rings is 3. The monoisotopic (exact) mass is 499 g/mol. The minimum absolute atomic E-state index is 0.0103. The maximum atomic E-state index is 13.9. The van der Waals surface area contributed by atoms with Crippen LogP contribution < -0.4 is 15.6 Å². The molecule has 0 spiro atoms. The van der Waals surface area contributed by atoms with E-state index in [2.05, 4.69) is 10.9 Å². The number of hydrogen-bond donors (Lipinski definition) is 2. The van der Waals surface area contributed by atoms with Crippen LogP contribution in [0.25, 0.3) is 0 Å². The van der Waals surface area contributed by atoms with E-state index in [1.165, 1.54) is 7.11 Å². The van der Waals surface area contributed by atoms with Gasteiger partial charge in [-0.25, -0.2) is 0 Å². The Hall–Kier alpha value is -4.46. The van der Waals surface area contributed by atoms with E-state index in [1.807, 2.05) is 43.3 Å². The molecule has 0 aromatic heterocycles. The molecule has 4 amide bonds. The first-order valence-corrected chi connectivity index (χ1v) is 12.0. The van der Waals surface area contributed by atoms with Crippen molar-refractivity contribution in [2.24, 2.45) is 5.41 Å². The Labute approximate surface area is 215 Å². The van der Waals surface area contributed by atoms with Crippen LogP contribution in [-0.2, 0) is 20.8 Å². The predicted octanol–water partition coefficient (Wildman–Crippen LogP) is 3.51. The van der Waals surface area contributed by atoms with Crippen LogP contribution in [0.3, 0.4) is 0 Å². The first-order chi connectivity index (χ1) is 17.7. The van der Waals surface area contributed by atoms with E-state index in [0.29, 0.717) is 5.75 Å². The van der Waals surface area contributed by atoms with Gasteiger partial charge in [-0.15, -0.1) is 0 Å². The second-order valence-electron chi connectivity index (χ2n) is 9.22. The van der Waals surface area contributed by atoms with E-state index in [9.17, 15) is 19.2 Å². The molecule has 1 fully saturated rings. The predicted molar refractivity (Wildman–Crippen MR) is 137 cm³/mol. The third kappa shape index (κ3) is 5.23. The van der Waals surface area contributed by atoms with Gasteiger partial charge in [-0.1, -0.05) is 60.7 Å². The number of carbonyl (C=O) groups is 4. The number of hydrazine groups is 1. The van der Waals surface area contributed by atoms with Gasteiger partial charge in [0.15, 0.2) is 0 Å². The van der Waals surface area contributed by atoms with Crippen molar-refractivity contribution in [3.05, 3.63) is 101 Å². The number of imide groups is 1. The van der Waals surface area contributed by atoms with Gasteiger partial charge in [0.25, 0.3) is 11.8 Å². The zero-order valence-corrected chi connectivity index (χ0v) is 21.0. The van der Waals surface area contributed by atoms with Crippen molar-refractivity contribution in [1.82, 2.24) is 15.8 Å². The molecule has 1 aliphatic rings. The molecule has 190 valence electrons. The summed E-state index contributed by atoms with van der Waals surface area (Å²) in [6.07, 6.45) is -0.297. The first-order valence-electron chi connectivity index (χ1n) is 12.0. The number of aryl methyl sites for hydroxylation is 1. The van der Waals surface area contributed by atoms with E-state index in [-0.39, 0.29) is 18.4 Å². The van der Waals surface area contributed by atoms with Crippen molar-refractivity contribution in [3.63, 3.8) is 0 Å². The summed E-state index contributed by atoms with van der Waals surface area (Å²) in [4.78, 5) is 54.6. The second kappa shape index (κ2) is 10.7. The zero-order chi connectivity index (χ0) is 26.6. The van der Waals surface area contributed by atoms with Gasteiger partial charge in [0.2, 0.25) is 11.8 Å². The molecule has 4 rings (SSSR count). The van der Waals surface area contributed by atoms with Gasteiger partial charge < -0.3 is 4.74 Å². The van der Waals surface area contributed by atoms with Crippen LogP contribution in [-0.4, -0.2) is 35.6 Å². The lowest BCUT2D eigenvalue weighted by Crippen LogP contribution is -2.53. The summed E-state index contributed by atoms with van der Waals surface area (Å²) < 4.78 is 5.22. The SMILES string of the molecule is COc1cc(C)cc(C(=O)NNC(=O)C2(Cc3ccccc3)CC(=O)N([C@H](C)c3ccccc3)C2=O)c1. The molecule has 1 heterocycles. The van der Waals surface area contributed by atoms with E-state index < -0.39 is 35.1 Å². The van der Waals surface area contributed by atoms with Gasteiger partial charge in [0, 0.05) is 5.56 Å². The molecule has 0 aliphatic carbocycles. The first kappa shape index (κ1) is 25.6. The Balaban J connectivity index is 1.61. The fourth-order valence-corrected chi connectivity index (χ4v) is 4.68. The summed E-state index contributed by atoms with van der Waals surface area (Å²) in [7, 11) is 1.50. The molecule has 8 heteroatoms. The molecule has 0 saturated carbocycles. The Bertz CT molecular complexity index is 1330. The summed E-state index contributed by atoms with van der Waals surface area (Å²) >= 11 is 0. The number of amides is 4. The number of likely N-dealkylation sites (tertiary alicyclic amines) is 1. The van der Waals surface area contributed by atoms with Crippen molar-refractivity contribution in [2.45, 2.75) is 32.7 Å². The van der Waals surface area contributed by atoms with Gasteiger partial charge in [0.05, 0.1) is 19.6 Å². The smallest absolute Gasteiger partial charge is 0.269 e. The average Bonchev–Trinajstić information content (AvgIpc) is 3.16. The van der Waals surface area contributed by atoms with Gasteiger partial charge in [0.1, 0.15) is 11.2 Å². The van der Waals surface area contributed by atoms with Gasteiger partial charge >= 0.3 is 0 Å². The van der Waals surface area contributed by atoms with E-state index in [0.717, 1.165) is 21.6 Å². The highest BCUT2D eigenvalue weighted by Gasteiger charge is 2.58. The van der Waals surface area contributed by atoms with E-state index in [1.54, 1.807) is 49.4 Å². The standard InChI is InChI=1S/C29H29N3O5/c1-19-14-23(16-24(15-19)37-3)26(34)30-31-27(35)29(17-21-10-6-4-7-11-21)18-25(33)32(28(29)36)20(2)22-12-8-5-9-13-22/h4-16,20H,17-18H2,1-3H3,(H,30,34)(H,31,35)/t20-,29?/m1/s1. The molecule has 3 aromatic carbocycles. The number of ether oxygens (including phenoxy) is 1. The molecule has 1 aliphatic heterocycles. The molecule has 2 N–H and O–H groups in total. The van der Waals surface area contributed by atoms with Gasteiger partial charge in [-0.3, -0.25) is 34.9 Å². The van der Waals surface area contributed by atoms with Crippen molar-refractivity contribution >= 4 is 23.6 Å². The van der Waals surface area contributed by atoms with Crippen LogP contribution >= 0.6 is 0 Å². The van der Waals surface area contributed by atoms with E-state index >= 15 is 0 Å². The Morgan fingerprint density at radius 3 is 2.27 bits per heavy atom. The topological polar surface area (TPSA) is 105 Å². The lowest BCUT2D eigenvalue weighted by molar-refractivity contribution is -0.148. The zero-order valence-electron chi connectivity index (χ0n) is 21.0. The van der Waals surface area contributed by atoms with Gasteiger partial charge in [-0.2, -0.15) is 0 Å². The molecule has 0 radical (unpaired) electrons. The quantitative estimate of drug-likeness (QED) is 0.294. The molecule has 2 atom stereocenters. The number of methoxy groups -OCH3 is 1. The molecule has 0 bridgehead atoms. The maximum Gasteiger partial charge on any atom is 0.269 e. The van der Waals surface area contributed by atoms with Crippen molar-refractivity contribution in [1.29, 1.82) is 0 Å². The fraction of sp³-hybridized carbons (Fsp3) is 0.241. The lowest BCUT2D eigenvalue weighted by atomic mass is 9.79. The molecule has 37 heavy (non-hydrogen) atoms. The Kier molecular flexibility index (Phi) is 7.38. The average molecular weight is 500 g/mol. The highest BCUT2D eigenvalue weighted by atomic mass is 16.5. The largest absolute Gasteiger partial charge is 0.497 e. The maximum absolute atomic E-state index is 13.9. The van der Waals surface area contributed by atoms with Crippen LogP contribution in [0.1, 0.15) is 46.4 Å². The normalized spacial score (nSPS) is 17.9. The van der Waals surface area contributed by atoms with Gasteiger partial charge in [-0.05, 0) is 55.2 Å². The molecule has 1 saturated heterocycles. The number of hydrogen-bond acceptors (Lipinski definition) is 5. The Morgan fingerprint density at radius 1 is 0.973 bits per heavy atom. The van der Waals surface area contributed by atoms with Crippen molar-refractivity contribution in [2.75, 3.05) is 7.11 Å². The second-order valence-corrected chi connectivity index (χ2v) is 9.22. The van der Waals surface area contributed by atoms with Crippen LogP contribution in [0.2, 0.25) is 0 Å². The highest BCUT2D eigenvalue weighted by molar-refractivity contribution is 6.18. The number of rotatable bonds is 7. The van der Waals surface area contributed by atoms with E-state index in [4.69, 9.17) is 4.74 Å². The number of carbonyl (C=O) groups excluding carboxylic acids is 4. The minimum atomic E-state index is -1.71. The minimum Gasteiger partial charge on any atom is -0.497 e. The van der Waals surface area contributed by atoms with Crippen LogP contribution in [0, 0.1) is 12.3 Å². The molecular formula is C29H29N3O5. The van der Waals surface area contributed by atoms with Crippen LogP contribution in [0.15, 0.2) is 78.9 Å². The third-order valence-corrected chi connectivity index (χ3v) is 6.64. The summed E-state index contributed by atoms with van der Waals surface area (Å²) in [6, 6.07) is 22.6. The number of nitrogens with one attached hydrogen (secondary N) is 2. The summed E-state index contributed by atoms with van der Waals surface area (Å²) in [6.45, 7) is 3.58. The van der Waals surface area contributed by atoms with Crippen molar-refractivity contribution in [3.8, 4) is 5.75 Å². The summed E-state index contributed by atoms with van der Waals surface area (Å²) in [5.74, 6) is -1.86. The van der Waals surface area contributed by atoms with Crippen LogP contribution in [0.4, 0.5) is 0 Å². The molecular weight excluding hydrogens is 470 g/mol. The van der Waals surface area contributed by atoms with Crippen LogP contribution in [0.5, 0.6) is 5.75 Å². The fourth-order valence-electron chi connectivity index (χ4n) is 4.68. The Morgan fingerprint density at radius 2 is 1.62 bits per heavy atom. The number of nitrogens with zero attached hydrogens (tertiary/aromatic N) is 1. The summed E-state index contributed by atoms with van der Waals surface area (Å²) in [5, 5.41) is 0.